The molecule has 162 valence electrons. The van der Waals surface area contributed by atoms with Gasteiger partial charge in [-0.05, 0) is 53.9 Å². The van der Waals surface area contributed by atoms with Crippen molar-refractivity contribution < 1.29 is 14.3 Å². The van der Waals surface area contributed by atoms with Crippen molar-refractivity contribution >= 4 is 22.7 Å². The van der Waals surface area contributed by atoms with Gasteiger partial charge >= 0.3 is 5.97 Å². The minimum atomic E-state index is -0.355. The van der Waals surface area contributed by atoms with Crippen molar-refractivity contribution in [3.05, 3.63) is 83.7 Å². The molecular weight excluding hydrogens is 402 g/mol. The molecule has 0 aliphatic heterocycles. The molecule has 0 aliphatic rings. The normalized spacial score (nSPS) is 10.8. The van der Waals surface area contributed by atoms with Crippen LogP contribution in [0, 0.1) is 6.92 Å². The van der Waals surface area contributed by atoms with Crippen molar-refractivity contribution in [1.29, 1.82) is 0 Å². The van der Waals surface area contributed by atoms with Gasteiger partial charge in [0.1, 0.15) is 11.6 Å². The number of fused-ring (bicyclic) bond motifs is 1. The predicted molar refractivity (Wildman–Crippen MR) is 126 cm³/mol. The van der Waals surface area contributed by atoms with Gasteiger partial charge in [0, 0.05) is 43.0 Å². The number of anilines is 1. The predicted octanol–water partition coefficient (Wildman–Crippen LogP) is 5.04. The zero-order chi connectivity index (χ0) is 22.7. The van der Waals surface area contributed by atoms with E-state index < -0.39 is 0 Å². The SMILES string of the molecule is COC(=O)c1ccc(C)c(-c2cnc3cc(N(C)Cc4ccc(OC)cc4)ncc3c2)c1. The van der Waals surface area contributed by atoms with Crippen LogP contribution in [0.1, 0.15) is 21.5 Å². The van der Waals surface area contributed by atoms with E-state index >= 15 is 0 Å². The number of hydrogen-bond donors (Lipinski definition) is 0. The summed E-state index contributed by atoms with van der Waals surface area (Å²) >= 11 is 0. The molecule has 0 spiro atoms. The third kappa shape index (κ3) is 4.39. The number of benzene rings is 2. The molecule has 0 atom stereocenters. The van der Waals surface area contributed by atoms with E-state index in [4.69, 9.17) is 9.47 Å². The molecule has 0 amide bonds. The summed E-state index contributed by atoms with van der Waals surface area (Å²) in [4.78, 5) is 23.3. The fourth-order valence-electron chi connectivity index (χ4n) is 3.63. The Hall–Kier alpha value is -3.93. The molecule has 0 saturated carbocycles. The zero-order valence-corrected chi connectivity index (χ0v) is 18.6. The van der Waals surface area contributed by atoms with Crippen LogP contribution >= 0.6 is 0 Å². The van der Waals surface area contributed by atoms with E-state index in [1.54, 1.807) is 13.2 Å². The number of carbonyl (C=O) groups is 1. The van der Waals surface area contributed by atoms with Gasteiger partial charge in [-0.2, -0.15) is 0 Å². The Labute approximate surface area is 187 Å². The van der Waals surface area contributed by atoms with E-state index in [0.29, 0.717) is 5.56 Å². The van der Waals surface area contributed by atoms with E-state index in [0.717, 1.165) is 45.7 Å². The van der Waals surface area contributed by atoms with Crippen LogP contribution in [0.4, 0.5) is 5.82 Å². The van der Waals surface area contributed by atoms with Gasteiger partial charge < -0.3 is 14.4 Å². The van der Waals surface area contributed by atoms with Crippen molar-refractivity contribution in [2.45, 2.75) is 13.5 Å². The van der Waals surface area contributed by atoms with Gasteiger partial charge in [-0.15, -0.1) is 0 Å². The molecule has 0 bridgehead atoms. The van der Waals surface area contributed by atoms with Crippen LogP contribution in [0.15, 0.2) is 67.0 Å². The third-order valence-electron chi connectivity index (χ3n) is 5.49. The molecule has 6 heteroatoms. The minimum absolute atomic E-state index is 0.355. The second-order valence-electron chi connectivity index (χ2n) is 7.68. The second kappa shape index (κ2) is 9.06. The summed E-state index contributed by atoms with van der Waals surface area (Å²) in [7, 11) is 5.05. The number of methoxy groups -OCH3 is 2. The van der Waals surface area contributed by atoms with Crippen molar-refractivity contribution in [2.24, 2.45) is 0 Å². The molecule has 0 fully saturated rings. The van der Waals surface area contributed by atoms with Gasteiger partial charge in [0.05, 0.1) is 25.3 Å². The van der Waals surface area contributed by atoms with Crippen LogP contribution in [0.2, 0.25) is 0 Å². The molecule has 32 heavy (non-hydrogen) atoms. The molecule has 6 nitrogen and oxygen atoms in total. The molecule has 4 rings (SSSR count). The second-order valence-corrected chi connectivity index (χ2v) is 7.68. The van der Waals surface area contributed by atoms with Gasteiger partial charge in [-0.25, -0.2) is 9.78 Å². The lowest BCUT2D eigenvalue weighted by Crippen LogP contribution is -2.17. The number of esters is 1. The summed E-state index contributed by atoms with van der Waals surface area (Å²) in [5.74, 6) is 1.33. The highest BCUT2D eigenvalue weighted by Crippen LogP contribution is 2.28. The molecule has 0 saturated heterocycles. The first kappa shape index (κ1) is 21.3. The molecule has 2 heterocycles. The molecule has 0 N–H and O–H groups in total. The molecule has 2 aromatic heterocycles. The van der Waals surface area contributed by atoms with Crippen molar-refractivity contribution in [3.63, 3.8) is 0 Å². The molecular formula is C26H25N3O3. The number of aromatic nitrogens is 2. The Morgan fingerprint density at radius 1 is 0.969 bits per heavy atom. The Morgan fingerprint density at radius 2 is 1.75 bits per heavy atom. The molecule has 2 aromatic carbocycles. The highest BCUT2D eigenvalue weighted by molar-refractivity contribution is 5.92. The van der Waals surface area contributed by atoms with Crippen LogP contribution in [0.25, 0.3) is 22.0 Å². The fourth-order valence-corrected chi connectivity index (χ4v) is 3.63. The van der Waals surface area contributed by atoms with Crippen LogP contribution in [0.5, 0.6) is 5.75 Å². The molecule has 0 aliphatic carbocycles. The quantitative estimate of drug-likeness (QED) is 0.402. The smallest absolute Gasteiger partial charge is 0.337 e. The Kier molecular flexibility index (Phi) is 6.03. The van der Waals surface area contributed by atoms with Gasteiger partial charge in [-0.1, -0.05) is 18.2 Å². The number of rotatable bonds is 6. The maximum Gasteiger partial charge on any atom is 0.337 e. The highest BCUT2D eigenvalue weighted by Gasteiger charge is 2.12. The van der Waals surface area contributed by atoms with Crippen LogP contribution < -0.4 is 9.64 Å². The van der Waals surface area contributed by atoms with Gasteiger partial charge in [0.2, 0.25) is 0 Å². The summed E-state index contributed by atoms with van der Waals surface area (Å²) in [6, 6.07) is 17.6. The maximum atomic E-state index is 11.9. The zero-order valence-electron chi connectivity index (χ0n) is 18.6. The third-order valence-corrected chi connectivity index (χ3v) is 5.49. The average Bonchev–Trinajstić information content (AvgIpc) is 2.83. The standard InChI is InChI=1S/C26H25N3O3/c1-17-5-8-19(26(30)32-4)12-23(17)20-11-21-15-28-25(13-24(21)27-14-20)29(2)16-18-6-9-22(31-3)10-7-18/h5-15H,16H2,1-4H3. The Bertz CT molecular complexity index is 1270. The Morgan fingerprint density at radius 3 is 2.47 bits per heavy atom. The summed E-state index contributed by atoms with van der Waals surface area (Å²) in [6.07, 6.45) is 3.67. The van der Waals surface area contributed by atoms with Crippen molar-refractivity contribution in [3.8, 4) is 16.9 Å². The van der Waals surface area contributed by atoms with E-state index in [1.807, 2.05) is 74.9 Å². The lowest BCUT2D eigenvalue weighted by atomic mass is 9.98. The fraction of sp³-hybridized carbons (Fsp3) is 0.192. The molecule has 0 radical (unpaired) electrons. The van der Waals surface area contributed by atoms with Crippen LogP contribution in [-0.2, 0) is 11.3 Å². The van der Waals surface area contributed by atoms with E-state index in [2.05, 4.69) is 14.9 Å². The number of pyridine rings is 2. The summed E-state index contributed by atoms with van der Waals surface area (Å²) < 4.78 is 10.1. The number of carbonyl (C=O) groups excluding carboxylic acids is 1. The number of aryl methyl sites for hydroxylation is 1. The van der Waals surface area contributed by atoms with Gasteiger partial charge in [-0.3, -0.25) is 4.98 Å². The first-order chi connectivity index (χ1) is 15.5. The van der Waals surface area contributed by atoms with Gasteiger partial charge in [0.15, 0.2) is 0 Å². The molecule has 4 aromatic rings. The van der Waals surface area contributed by atoms with E-state index in [9.17, 15) is 4.79 Å². The summed E-state index contributed by atoms with van der Waals surface area (Å²) in [5.41, 5.74) is 5.48. The topological polar surface area (TPSA) is 64.5 Å². The average molecular weight is 428 g/mol. The van der Waals surface area contributed by atoms with E-state index in [1.165, 1.54) is 12.7 Å². The van der Waals surface area contributed by atoms with Crippen molar-refractivity contribution in [1.82, 2.24) is 9.97 Å². The first-order valence-electron chi connectivity index (χ1n) is 10.3. The molecule has 0 unspecified atom stereocenters. The van der Waals surface area contributed by atoms with Crippen LogP contribution in [0.3, 0.4) is 0 Å². The largest absolute Gasteiger partial charge is 0.497 e. The minimum Gasteiger partial charge on any atom is -0.497 e. The highest BCUT2D eigenvalue weighted by atomic mass is 16.5. The maximum absolute atomic E-state index is 11.9. The monoisotopic (exact) mass is 427 g/mol. The number of nitrogens with zero attached hydrogens (tertiary/aromatic N) is 3. The van der Waals surface area contributed by atoms with Gasteiger partial charge in [0.25, 0.3) is 0 Å². The van der Waals surface area contributed by atoms with E-state index in [-0.39, 0.29) is 5.97 Å². The lowest BCUT2D eigenvalue weighted by Gasteiger charge is -2.19. The number of ether oxygens (including phenoxy) is 2. The first-order valence-corrected chi connectivity index (χ1v) is 10.3. The number of hydrogen-bond acceptors (Lipinski definition) is 6. The summed E-state index contributed by atoms with van der Waals surface area (Å²) in [5, 5.41) is 0.937. The summed E-state index contributed by atoms with van der Waals surface area (Å²) in [6.45, 7) is 2.73. The van der Waals surface area contributed by atoms with Crippen molar-refractivity contribution in [2.75, 3.05) is 26.2 Å². The lowest BCUT2D eigenvalue weighted by molar-refractivity contribution is 0.0601. The Balaban J connectivity index is 1.60. The van der Waals surface area contributed by atoms with Crippen LogP contribution in [-0.4, -0.2) is 37.2 Å².